The molecule has 1 saturated heterocycles. The summed E-state index contributed by atoms with van der Waals surface area (Å²) in [4.78, 5) is 36.2. The molecule has 1 aliphatic rings. The van der Waals surface area contributed by atoms with Crippen molar-refractivity contribution in [1.82, 2.24) is 20.2 Å². The van der Waals surface area contributed by atoms with Crippen molar-refractivity contribution in [2.45, 2.75) is 13.0 Å². The van der Waals surface area contributed by atoms with Crippen molar-refractivity contribution in [3.63, 3.8) is 0 Å². The van der Waals surface area contributed by atoms with E-state index in [2.05, 4.69) is 20.6 Å². The second-order valence-corrected chi connectivity index (χ2v) is 6.79. The Balaban J connectivity index is 1.55. The lowest BCUT2D eigenvalue weighted by atomic mass is 10.1. The van der Waals surface area contributed by atoms with E-state index in [1.54, 1.807) is 23.2 Å². The Morgan fingerprint density at radius 1 is 1.14 bits per heavy atom. The topological polar surface area (TPSA) is 87.2 Å². The van der Waals surface area contributed by atoms with E-state index in [0.29, 0.717) is 31.0 Å². The van der Waals surface area contributed by atoms with Crippen LogP contribution in [0.25, 0.3) is 10.9 Å². The molecule has 1 atom stereocenters. The summed E-state index contributed by atoms with van der Waals surface area (Å²) in [5.41, 5.74) is 2.58. The monoisotopic (exact) mass is 375 g/mol. The zero-order chi connectivity index (χ0) is 19.5. The molecule has 0 aliphatic carbocycles. The molecule has 0 saturated carbocycles. The number of aryl methyl sites for hydroxylation is 1. The average molecular weight is 375 g/mol. The van der Waals surface area contributed by atoms with E-state index < -0.39 is 6.04 Å². The number of carbonyl (C=O) groups is 2. The molecule has 0 bridgehead atoms. The lowest BCUT2D eigenvalue weighted by molar-refractivity contribution is -0.121. The predicted molar refractivity (Wildman–Crippen MR) is 107 cm³/mol. The lowest BCUT2D eigenvalue weighted by Gasteiger charge is -2.35. The third-order valence-electron chi connectivity index (χ3n) is 4.80. The molecule has 3 aromatic rings. The summed E-state index contributed by atoms with van der Waals surface area (Å²) in [5, 5.41) is 7.01. The maximum Gasteiger partial charge on any atom is 0.273 e. The highest BCUT2D eigenvalue weighted by Crippen LogP contribution is 2.16. The van der Waals surface area contributed by atoms with Crippen LogP contribution in [0.3, 0.4) is 0 Å². The highest BCUT2D eigenvalue weighted by atomic mass is 16.2. The summed E-state index contributed by atoms with van der Waals surface area (Å²) in [7, 11) is 0. The molecule has 142 valence electrons. The number of amides is 2. The first-order chi connectivity index (χ1) is 13.6. The van der Waals surface area contributed by atoms with Crippen molar-refractivity contribution >= 4 is 28.4 Å². The van der Waals surface area contributed by atoms with Gasteiger partial charge in [-0.2, -0.15) is 0 Å². The van der Waals surface area contributed by atoms with Gasteiger partial charge in [-0.25, -0.2) is 4.98 Å². The molecule has 2 aromatic heterocycles. The van der Waals surface area contributed by atoms with E-state index in [0.717, 1.165) is 16.6 Å². The molecular weight excluding hydrogens is 354 g/mol. The first-order valence-electron chi connectivity index (χ1n) is 9.23. The number of benzene rings is 1. The SMILES string of the molecule is Cc1ccc(NC(=O)C2CNCCN2C(=O)c2ccc3ccccc3n2)cn1. The van der Waals surface area contributed by atoms with Crippen molar-refractivity contribution in [3.05, 3.63) is 66.1 Å². The molecular formula is C21H21N5O2. The number of nitrogens with one attached hydrogen (secondary N) is 2. The van der Waals surface area contributed by atoms with Gasteiger partial charge in [0.2, 0.25) is 5.91 Å². The second kappa shape index (κ2) is 7.74. The van der Waals surface area contributed by atoms with Gasteiger partial charge in [0.05, 0.1) is 17.4 Å². The van der Waals surface area contributed by atoms with Crippen molar-refractivity contribution in [3.8, 4) is 0 Å². The summed E-state index contributed by atoms with van der Waals surface area (Å²) in [6.45, 7) is 3.35. The summed E-state index contributed by atoms with van der Waals surface area (Å²) in [5.74, 6) is -0.485. The standard InChI is InChI=1S/C21H21N5O2/c1-14-6-8-16(12-23-14)24-20(27)19-13-22-10-11-26(19)21(28)18-9-7-15-4-2-3-5-17(15)25-18/h2-9,12,19,22H,10-11,13H2,1H3,(H,24,27). The van der Waals surface area contributed by atoms with Gasteiger partial charge in [0.1, 0.15) is 11.7 Å². The van der Waals surface area contributed by atoms with Crippen LogP contribution < -0.4 is 10.6 Å². The molecule has 2 N–H and O–H groups in total. The molecule has 2 amide bonds. The van der Waals surface area contributed by atoms with Crippen LogP contribution in [0.5, 0.6) is 0 Å². The normalized spacial score (nSPS) is 16.8. The third kappa shape index (κ3) is 3.70. The molecule has 7 heteroatoms. The van der Waals surface area contributed by atoms with Crippen molar-refractivity contribution < 1.29 is 9.59 Å². The van der Waals surface area contributed by atoms with Gasteiger partial charge in [-0.05, 0) is 31.2 Å². The number of pyridine rings is 2. The molecule has 3 heterocycles. The van der Waals surface area contributed by atoms with Crippen molar-refractivity contribution in [2.24, 2.45) is 0 Å². The summed E-state index contributed by atoms with van der Waals surface area (Å²) >= 11 is 0. The first kappa shape index (κ1) is 18.1. The van der Waals surface area contributed by atoms with Crippen LogP contribution in [0.1, 0.15) is 16.2 Å². The highest BCUT2D eigenvalue weighted by molar-refractivity contribution is 6.01. The van der Waals surface area contributed by atoms with Crippen LogP contribution in [-0.2, 0) is 4.79 Å². The van der Waals surface area contributed by atoms with Crippen LogP contribution in [0.2, 0.25) is 0 Å². The Morgan fingerprint density at radius 3 is 2.82 bits per heavy atom. The number of nitrogens with zero attached hydrogens (tertiary/aromatic N) is 3. The number of piperazine rings is 1. The minimum absolute atomic E-state index is 0.241. The summed E-state index contributed by atoms with van der Waals surface area (Å²) in [6, 6.07) is 14.3. The Morgan fingerprint density at radius 2 is 2.00 bits per heavy atom. The Labute approximate surface area is 162 Å². The van der Waals surface area contributed by atoms with E-state index in [-0.39, 0.29) is 11.8 Å². The average Bonchev–Trinajstić information content (AvgIpc) is 2.74. The fourth-order valence-electron chi connectivity index (χ4n) is 3.28. The first-order valence-corrected chi connectivity index (χ1v) is 9.23. The van der Waals surface area contributed by atoms with Crippen LogP contribution in [0.15, 0.2) is 54.7 Å². The molecule has 0 spiro atoms. The number of fused-ring (bicyclic) bond motifs is 1. The largest absolute Gasteiger partial charge is 0.323 e. The molecule has 1 aromatic carbocycles. The molecule has 0 radical (unpaired) electrons. The zero-order valence-corrected chi connectivity index (χ0v) is 15.6. The molecule has 1 unspecified atom stereocenters. The minimum Gasteiger partial charge on any atom is -0.323 e. The van der Waals surface area contributed by atoms with Crippen molar-refractivity contribution in [1.29, 1.82) is 0 Å². The number of aromatic nitrogens is 2. The van der Waals surface area contributed by atoms with Gasteiger partial charge in [0.25, 0.3) is 5.91 Å². The fourth-order valence-corrected chi connectivity index (χ4v) is 3.28. The Hall–Kier alpha value is -3.32. The van der Waals surface area contributed by atoms with Gasteiger partial charge < -0.3 is 15.5 Å². The summed E-state index contributed by atoms with van der Waals surface area (Å²) in [6.07, 6.45) is 1.61. The predicted octanol–water partition coefficient (Wildman–Crippen LogP) is 1.99. The van der Waals surface area contributed by atoms with Crippen LogP contribution >= 0.6 is 0 Å². The van der Waals surface area contributed by atoms with Gasteiger partial charge in [0, 0.05) is 30.7 Å². The third-order valence-corrected chi connectivity index (χ3v) is 4.80. The summed E-state index contributed by atoms with van der Waals surface area (Å²) < 4.78 is 0. The smallest absolute Gasteiger partial charge is 0.273 e. The van der Waals surface area contributed by atoms with E-state index in [1.807, 2.05) is 43.3 Å². The quantitative estimate of drug-likeness (QED) is 0.731. The Bertz CT molecular complexity index is 1020. The lowest BCUT2D eigenvalue weighted by Crippen LogP contribution is -2.58. The van der Waals surface area contributed by atoms with Gasteiger partial charge in [-0.3, -0.25) is 14.6 Å². The molecule has 28 heavy (non-hydrogen) atoms. The molecule has 4 rings (SSSR count). The Kier molecular flexibility index (Phi) is 4.99. The number of carbonyl (C=O) groups excluding carboxylic acids is 2. The highest BCUT2D eigenvalue weighted by Gasteiger charge is 2.33. The van der Waals surface area contributed by atoms with E-state index in [4.69, 9.17) is 0 Å². The van der Waals surface area contributed by atoms with E-state index in [9.17, 15) is 9.59 Å². The van der Waals surface area contributed by atoms with Crippen LogP contribution in [0, 0.1) is 6.92 Å². The van der Waals surface area contributed by atoms with Crippen LogP contribution in [-0.4, -0.2) is 52.4 Å². The molecule has 7 nitrogen and oxygen atoms in total. The number of hydrogen-bond donors (Lipinski definition) is 2. The van der Waals surface area contributed by atoms with Gasteiger partial charge in [-0.1, -0.05) is 24.3 Å². The van der Waals surface area contributed by atoms with Gasteiger partial charge in [0.15, 0.2) is 0 Å². The number of rotatable bonds is 3. The number of anilines is 1. The van der Waals surface area contributed by atoms with E-state index >= 15 is 0 Å². The number of hydrogen-bond acceptors (Lipinski definition) is 5. The maximum atomic E-state index is 13.1. The van der Waals surface area contributed by atoms with Crippen molar-refractivity contribution in [2.75, 3.05) is 25.0 Å². The minimum atomic E-state index is -0.615. The van der Waals surface area contributed by atoms with E-state index in [1.165, 1.54) is 0 Å². The zero-order valence-electron chi connectivity index (χ0n) is 15.6. The maximum absolute atomic E-state index is 13.1. The van der Waals surface area contributed by atoms with Crippen LogP contribution in [0.4, 0.5) is 5.69 Å². The number of para-hydroxylation sites is 1. The van der Waals surface area contributed by atoms with Gasteiger partial charge in [-0.15, -0.1) is 0 Å². The fraction of sp³-hybridized carbons (Fsp3) is 0.238. The molecule has 1 aliphatic heterocycles. The second-order valence-electron chi connectivity index (χ2n) is 6.79. The molecule has 1 fully saturated rings. The van der Waals surface area contributed by atoms with Gasteiger partial charge >= 0.3 is 0 Å².